The molecule has 644 valence electrons. The second-order valence-corrected chi connectivity index (χ2v) is 40.0. The smallest absolute Gasteiger partial charge is 0.490 e. The van der Waals surface area contributed by atoms with Crippen molar-refractivity contribution in [2.75, 3.05) is 44.3 Å². The first-order chi connectivity index (χ1) is 55.4. The molecule has 119 heavy (non-hydrogen) atoms. The van der Waals surface area contributed by atoms with Crippen LogP contribution in [0.4, 0.5) is 11.4 Å². The molecule has 2 saturated heterocycles. The lowest BCUT2D eigenvalue weighted by Crippen LogP contribution is -2.33. The molecule has 10 rings (SSSR count). The Bertz CT molecular complexity index is 6080. The first kappa shape index (κ1) is 93.3. The van der Waals surface area contributed by atoms with Crippen LogP contribution in [0.25, 0.3) is 21.5 Å². The third-order valence-electron chi connectivity index (χ3n) is 19.1. The van der Waals surface area contributed by atoms with Gasteiger partial charge in [0.05, 0.1) is 53.7 Å². The Balaban J connectivity index is 0.768. The standard InChI is InChI=1S/C69H82N8O34P6S2/c1-68(2)56(74(54-30-22-44-38-50(118(98,99)100)26-28-52(44)62(54)68)36-12-6-10-20-58(78)70-34-14-16-46-40-76(66(82)72-64(46)80)60-32-24-48(106-60)42-104-114(90,91)110-116(94,95)108-112(84,85)86)18-8-5-9-19-57-69(3,4)63-53-29-27-51(119(101,102)103)39-45(53)23-31-55(63)75(57)37-13-7-11-21-59(79)71-35-15-17-47-41-77(67(83)73-65(47)81)61-33-25-49(107-61)43-105-115(92,93)111-117(96,97)109-113(87,88)89/h5,8-9,18-19,22-23,26-31,38-41,48-49,60-61H,6-7,10-13,20-21,24-25,32-37,42-43H2,1-4H3,(H13-,70,71,72,73,78,79,80,81,82,83,84,85,86,87,88,89,90,91,92,93,94,95,96,97,98,99,100,101,102,103)/t48-,49-,60+,61+/m0/s1. The number of hydrogen-bond donors (Lipinski definition) is 13. The molecule has 6 heterocycles. The lowest BCUT2D eigenvalue weighted by Gasteiger charge is -2.27. The Morgan fingerprint density at radius 1 is 0.597 bits per heavy atom. The van der Waals surface area contributed by atoms with E-state index in [2.05, 4.69) is 80.0 Å². The Kier molecular flexibility index (Phi) is 29.3. The summed E-state index contributed by atoms with van der Waals surface area (Å²) in [7, 11) is -43.1. The number of fused-ring (bicyclic) bond motifs is 6. The normalized spacial score (nSPS) is 20.4. The second-order valence-electron chi connectivity index (χ2n) is 28.4. The fraction of sp³-hybridized carbons (Fsp3) is 0.406. The van der Waals surface area contributed by atoms with Gasteiger partial charge in [-0.15, -0.1) is 0 Å². The Morgan fingerprint density at radius 3 is 1.57 bits per heavy atom. The maximum atomic E-state index is 13.1. The molecule has 0 bridgehead atoms. The molecule has 0 aliphatic carbocycles. The van der Waals surface area contributed by atoms with Crippen LogP contribution >= 0.6 is 46.9 Å². The molecule has 0 saturated carbocycles. The Hall–Kier alpha value is -7.93. The van der Waals surface area contributed by atoms with Gasteiger partial charge < -0.3 is 68.7 Å². The van der Waals surface area contributed by atoms with E-state index in [1.807, 2.05) is 70.2 Å². The van der Waals surface area contributed by atoms with Crippen LogP contribution in [0.3, 0.4) is 0 Å². The van der Waals surface area contributed by atoms with E-state index in [1.165, 1.54) is 24.3 Å². The maximum Gasteiger partial charge on any atom is 0.490 e. The van der Waals surface area contributed by atoms with Gasteiger partial charge in [-0.25, -0.2) is 45.4 Å². The number of unbranched alkanes of at least 4 members (excludes halogenated alkanes) is 4. The van der Waals surface area contributed by atoms with Gasteiger partial charge in [0.2, 0.25) is 17.5 Å². The van der Waals surface area contributed by atoms with E-state index < -0.39 is 138 Å². The number of allylic oxidation sites excluding steroid dienone is 6. The molecular weight excluding hydrogens is 1730 g/mol. The fourth-order valence-corrected chi connectivity index (χ4v) is 21.2. The molecule has 2 aromatic heterocycles. The molecule has 2 amide bonds. The van der Waals surface area contributed by atoms with Crippen LogP contribution in [0.2, 0.25) is 0 Å². The number of aromatic amines is 2. The Labute approximate surface area is 677 Å². The highest BCUT2D eigenvalue weighted by atomic mass is 32.2. The largest absolute Gasteiger partial charge is 0.744 e. The van der Waals surface area contributed by atoms with Crippen LogP contribution in [-0.2, 0) is 104 Å². The number of ether oxygens (including phenoxy) is 2. The number of amides is 2. The molecule has 4 aliphatic heterocycles. The highest BCUT2D eigenvalue weighted by molar-refractivity contribution is 7.86. The molecule has 0 spiro atoms. The monoisotopic (exact) mass is 1820 g/mol. The number of phosphoric acid groups is 6. The summed E-state index contributed by atoms with van der Waals surface area (Å²) in [4.78, 5) is 157. The number of H-pyrrole nitrogens is 2. The maximum absolute atomic E-state index is 13.1. The van der Waals surface area contributed by atoms with Gasteiger partial charge in [-0.3, -0.25) is 51.9 Å². The zero-order valence-corrected chi connectivity index (χ0v) is 70.4. The number of nitrogens with one attached hydrogen (secondary N) is 4. The average molecular weight is 1820 g/mol. The van der Waals surface area contributed by atoms with Gasteiger partial charge in [-0.1, -0.05) is 80.4 Å². The number of aromatic nitrogens is 4. The number of rotatable bonds is 35. The van der Waals surface area contributed by atoms with Crippen molar-refractivity contribution in [1.82, 2.24) is 29.7 Å². The molecule has 50 heteroatoms. The topological polar surface area (TPSA) is 624 Å². The zero-order valence-electron chi connectivity index (χ0n) is 63.4. The number of hydrogen-bond acceptors (Lipinski definition) is 26. The Morgan fingerprint density at radius 2 is 1.08 bits per heavy atom. The number of nitrogens with zero attached hydrogens (tertiary/aromatic N) is 4. The van der Waals surface area contributed by atoms with Crippen LogP contribution in [0.5, 0.6) is 0 Å². The summed E-state index contributed by atoms with van der Waals surface area (Å²) in [5, 5.41) is 7.93. The van der Waals surface area contributed by atoms with Crippen molar-refractivity contribution in [2.45, 2.75) is 150 Å². The first-order valence-electron chi connectivity index (χ1n) is 36.1. The minimum Gasteiger partial charge on any atom is -0.744 e. The van der Waals surface area contributed by atoms with E-state index in [0.29, 0.717) is 62.4 Å². The third-order valence-corrected chi connectivity index (χ3v) is 28.4. The minimum absolute atomic E-state index is 0.0798. The molecule has 8 atom stereocenters. The SMILES string of the molecule is CC1(C)C(/C=C/C=C/C=C2/N(CCCCCC(=O)NCC#Cc3cn([C@H]4CC[C@@H](COP(=O)(O)OP(=O)(O)OP(=O)(O)O)O4)c(=O)[nH]c3=O)c3ccc4cc(S(=O)(=O)[O-])ccc4c3C2(C)C)=[N+](CCCCCC(=O)NCC#Cc2cn([C@H]3CC[C@@H](COP(=O)(O)OP(=O)(O)OP(=O)(O)O)O3)c(=O)[nH]c2=O)c2ccc3cc(S(=O)(=O)O)ccc3c21. The van der Waals surface area contributed by atoms with Crippen molar-refractivity contribution >= 4 is 118 Å². The highest BCUT2D eigenvalue weighted by Crippen LogP contribution is 2.68. The van der Waals surface area contributed by atoms with E-state index in [0.717, 1.165) is 66.2 Å². The predicted molar refractivity (Wildman–Crippen MR) is 421 cm³/mol. The summed E-state index contributed by atoms with van der Waals surface area (Å²) in [6.07, 6.45) is 11.3. The predicted octanol–water partition coefficient (Wildman–Crippen LogP) is 6.51. The number of carbonyl (C=O) groups is 2. The number of benzene rings is 4. The highest BCUT2D eigenvalue weighted by Gasteiger charge is 2.48. The lowest BCUT2D eigenvalue weighted by molar-refractivity contribution is -0.438. The molecular formula is C69H82N8O34P6S2. The summed E-state index contributed by atoms with van der Waals surface area (Å²) in [5.74, 6) is 9.86. The van der Waals surface area contributed by atoms with Gasteiger partial charge in [0.15, 0.2) is 5.71 Å². The fourth-order valence-electron chi connectivity index (χ4n) is 14.1. The molecule has 6 aromatic rings. The van der Waals surface area contributed by atoms with Crippen LogP contribution in [0.1, 0.15) is 139 Å². The van der Waals surface area contributed by atoms with Crippen LogP contribution in [0, 0.1) is 23.7 Å². The first-order valence-corrected chi connectivity index (χ1v) is 47.9. The molecule has 0 radical (unpaired) electrons. The van der Waals surface area contributed by atoms with E-state index >= 15 is 0 Å². The summed E-state index contributed by atoms with van der Waals surface area (Å²) < 4.78 is 180. The quantitative estimate of drug-likeness (QED) is 0.00503. The van der Waals surface area contributed by atoms with Crippen molar-refractivity contribution in [3.8, 4) is 23.7 Å². The van der Waals surface area contributed by atoms with Crippen molar-refractivity contribution < 1.29 is 142 Å². The minimum atomic E-state index is -5.78. The molecule has 4 unspecified atom stereocenters. The number of anilines is 1. The van der Waals surface area contributed by atoms with Gasteiger partial charge in [0.25, 0.3) is 21.2 Å². The van der Waals surface area contributed by atoms with Crippen molar-refractivity contribution in [1.29, 1.82) is 0 Å². The van der Waals surface area contributed by atoms with Gasteiger partial charge in [0, 0.05) is 72.7 Å². The van der Waals surface area contributed by atoms with Gasteiger partial charge in [0.1, 0.15) is 40.2 Å². The molecule has 2 fully saturated rings. The summed E-state index contributed by atoms with van der Waals surface area (Å²) in [6.45, 7) is 7.12. The summed E-state index contributed by atoms with van der Waals surface area (Å²) >= 11 is 0. The molecule has 42 nitrogen and oxygen atoms in total. The van der Waals surface area contributed by atoms with Gasteiger partial charge in [-0.05, 0) is 135 Å². The zero-order chi connectivity index (χ0) is 87.2. The lowest BCUT2D eigenvalue weighted by atomic mass is 9.79. The van der Waals surface area contributed by atoms with E-state index in [-0.39, 0.29) is 84.3 Å². The van der Waals surface area contributed by atoms with Gasteiger partial charge >= 0.3 is 58.3 Å². The number of phosphoric ester groups is 2. The molecule has 4 aromatic carbocycles. The molecule has 4 aliphatic rings. The van der Waals surface area contributed by atoms with Crippen molar-refractivity contribution in [3.63, 3.8) is 0 Å². The van der Waals surface area contributed by atoms with E-state index in [1.54, 1.807) is 24.3 Å². The number of carbonyl (C=O) groups excluding carboxylic acids is 2. The summed E-state index contributed by atoms with van der Waals surface area (Å²) in [5.41, 5.74) is -0.183. The van der Waals surface area contributed by atoms with Crippen LogP contribution in [0.15, 0.2) is 138 Å². The molecule has 13 N–H and O–H groups in total. The average Bonchev–Trinajstić information content (AvgIpc) is 1.58. The van der Waals surface area contributed by atoms with Crippen LogP contribution < -0.4 is 38.0 Å². The third kappa shape index (κ3) is 24.7. The van der Waals surface area contributed by atoms with Crippen LogP contribution in [-0.4, -0.2) is 158 Å². The van der Waals surface area contributed by atoms with Crippen molar-refractivity contribution in [3.05, 3.63) is 173 Å². The second kappa shape index (κ2) is 37.4. The van der Waals surface area contributed by atoms with Crippen molar-refractivity contribution in [2.24, 2.45) is 0 Å². The van der Waals surface area contributed by atoms with E-state index in [9.17, 15) is 102 Å². The van der Waals surface area contributed by atoms with E-state index in [4.69, 9.17) is 29.0 Å². The van der Waals surface area contributed by atoms with Gasteiger partial charge in [-0.2, -0.15) is 30.2 Å². The summed E-state index contributed by atoms with van der Waals surface area (Å²) in [6, 6.07) is 15.9.